The highest BCUT2D eigenvalue weighted by Gasteiger charge is 2.53. The van der Waals surface area contributed by atoms with E-state index in [2.05, 4.69) is 119 Å². The molecule has 4 aliphatic carbocycles. The first kappa shape index (κ1) is 43.0. The number of aryl methyl sites for hydroxylation is 1. The summed E-state index contributed by atoms with van der Waals surface area (Å²) in [6.07, 6.45) is 24.9. The lowest BCUT2D eigenvalue weighted by Crippen LogP contribution is -2.49. The van der Waals surface area contributed by atoms with Crippen LogP contribution in [0.25, 0.3) is 0 Å². The second kappa shape index (κ2) is 16.0. The number of unbranched alkanes of at least 4 members (excludes halogenated alkanes) is 1. The molecule has 4 nitrogen and oxygen atoms in total. The lowest BCUT2D eigenvalue weighted by molar-refractivity contribution is 0.0969. The van der Waals surface area contributed by atoms with E-state index in [0.29, 0.717) is 17.8 Å². The van der Waals surface area contributed by atoms with Gasteiger partial charge in [0.05, 0.1) is 23.7 Å². The quantitative estimate of drug-likeness (QED) is 0.160. The number of fused-ring (bicyclic) bond motifs is 1. The van der Waals surface area contributed by atoms with Crippen molar-refractivity contribution in [2.45, 2.75) is 199 Å². The minimum absolute atomic E-state index is 0.00742. The summed E-state index contributed by atoms with van der Waals surface area (Å²) in [7, 11) is -3.96. The van der Waals surface area contributed by atoms with E-state index in [1.807, 2.05) is 11.3 Å². The van der Waals surface area contributed by atoms with Crippen molar-refractivity contribution < 1.29 is 14.0 Å². The summed E-state index contributed by atoms with van der Waals surface area (Å²) in [5.41, 5.74) is 4.25. The molecule has 0 amide bonds. The van der Waals surface area contributed by atoms with Crippen molar-refractivity contribution in [2.24, 2.45) is 23.2 Å². The number of aromatic nitrogens is 1. The van der Waals surface area contributed by atoms with Crippen molar-refractivity contribution in [2.75, 3.05) is 0 Å². The van der Waals surface area contributed by atoms with Crippen molar-refractivity contribution >= 4 is 28.0 Å². The number of thiazole rings is 1. The Bertz CT molecular complexity index is 1540. The van der Waals surface area contributed by atoms with Crippen molar-refractivity contribution in [1.82, 2.24) is 4.98 Å². The third kappa shape index (κ3) is 9.22. The molecule has 1 aromatic rings. The van der Waals surface area contributed by atoms with Gasteiger partial charge in [0.2, 0.25) is 0 Å². The molecule has 53 heavy (non-hydrogen) atoms. The van der Waals surface area contributed by atoms with Gasteiger partial charge in [-0.2, -0.15) is 0 Å². The Hall–Kier alpha value is -1.10. The van der Waals surface area contributed by atoms with Crippen molar-refractivity contribution in [3.05, 3.63) is 63.7 Å². The highest BCUT2D eigenvalue weighted by atomic mass is 32.1. The van der Waals surface area contributed by atoms with Crippen molar-refractivity contribution in [1.29, 1.82) is 0 Å². The Kier molecular flexibility index (Phi) is 13.0. The van der Waals surface area contributed by atoms with Crippen molar-refractivity contribution in [3.8, 4) is 0 Å². The number of aliphatic hydroxyl groups is 1. The topological polar surface area (TPSA) is 51.6 Å². The standard InChI is InChI=1S/C46H77NO3SSi2/c1-15-16-19-37-31-47-42(51-37)46(27-28-46)41(48)25-20-32(2)38-23-24-39-34(18-17-26-45(38,39)10)21-22-35-29-36(49-52(11,12)43(4,5)6)30-40(33(35)3)50-53(13,14)44(7,8)9/h20-22,25,31-32,36,38-41,48H,3,15-19,23-24,26-30H2,1-2,4-14H3/t32-,36-,38-,39+,40+,41-,45-/m1/s1. The van der Waals surface area contributed by atoms with Crippen LogP contribution in [0.4, 0.5) is 0 Å². The van der Waals surface area contributed by atoms with E-state index in [0.717, 1.165) is 37.1 Å². The number of allylic oxidation sites excluding steroid dienone is 4. The Balaban J connectivity index is 1.32. The molecule has 4 fully saturated rings. The highest BCUT2D eigenvalue weighted by Crippen LogP contribution is 2.60. The summed E-state index contributed by atoms with van der Waals surface area (Å²) in [5, 5.41) is 13.0. The first-order valence-corrected chi connectivity index (χ1v) is 27.9. The second-order valence-electron chi connectivity index (χ2n) is 20.9. The molecule has 0 aromatic carbocycles. The molecular formula is C46H77NO3SSi2. The molecule has 4 saturated carbocycles. The molecule has 0 bridgehead atoms. The van der Waals surface area contributed by atoms with E-state index in [1.54, 1.807) is 5.57 Å². The summed E-state index contributed by atoms with van der Waals surface area (Å²) in [6.45, 7) is 35.5. The maximum absolute atomic E-state index is 11.5. The zero-order chi connectivity index (χ0) is 39.2. The third-order valence-electron chi connectivity index (χ3n) is 15.1. The summed E-state index contributed by atoms with van der Waals surface area (Å²) in [6, 6.07) is 0. The van der Waals surface area contributed by atoms with Crippen LogP contribution in [-0.4, -0.2) is 45.0 Å². The molecule has 1 aromatic heterocycles. The number of rotatable bonds is 13. The molecule has 298 valence electrons. The predicted octanol–water partition coefficient (Wildman–Crippen LogP) is 13.3. The molecule has 1 heterocycles. The first-order chi connectivity index (χ1) is 24.5. The number of hydrogen-bond acceptors (Lipinski definition) is 5. The minimum atomic E-state index is -2.00. The Morgan fingerprint density at radius 1 is 1.00 bits per heavy atom. The molecule has 7 atom stereocenters. The van der Waals surface area contributed by atoms with Crippen LogP contribution < -0.4 is 0 Å². The van der Waals surface area contributed by atoms with Crippen LogP contribution in [0, 0.1) is 23.2 Å². The molecule has 0 radical (unpaired) electrons. The Labute approximate surface area is 331 Å². The number of hydrogen-bond donors (Lipinski definition) is 1. The molecule has 1 N–H and O–H groups in total. The van der Waals surface area contributed by atoms with Crippen LogP contribution >= 0.6 is 11.3 Å². The van der Waals surface area contributed by atoms with Gasteiger partial charge in [-0.25, -0.2) is 4.98 Å². The fourth-order valence-electron chi connectivity index (χ4n) is 9.28. The van der Waals surface area contributed by atoms with E-state index >= 15 is 0 Å². The van der Waals surface area contributed by atoms with Crippen LogP contribution in [0.3, 0.4) is 0 Å². The molecule has 0 aliphatic heterocycles. The summed E-state index contributed by atoms with van der Waals surface area (Å²) >= 11 is 1.83. The minimum Gasteiger partial charge on any atom is -0.413 e. The summed E-state index contributed by atoms with van der Waals surface area (Å²) < 4.78 is 14.2. The zero-order valence-electron chi connectivity index (χ0n) is 36.2. The van der Waals surface area contributed by atoms with Gasteiger partial charge >= 0.3 is 0 Å². The smallest absolute Gasteiger partial charge is 0.192 e. The van der Waals surface area contributed by atoms with Crippen LogP contribution in [0.15, 0.2) is 53.8 Å². The molecule has 4 aliphatic rings. The van der Waals surface area contributed by atoms with E-state index in [4.69, 9.17) is 20.4 Å². The molecule has 5 rings (SSSR count). The average Bonchev–Trinajstić information content (AvgIpc) is 3.58. The summed E-state index contributed by atoms with van der Waals surface area (Å²) in [4.78, 5) is 6.18. The van der Waals surface area contributed by atoms with Crippen LogP contribution in [0.2, 0.25) is 36.3 Å². The number of nitrogens with zero attached hydrogens (tertiary/aromatic N) is 1. The fourth-order valence-corrected chi connectivity index (χ4v) is 13.2. The largest absolute Gasteiger partial charge is 0.413 e. The van der Waals surface area contributed by atoms with Gasteiger partial charge in [-0.1, -0.05) is 105 Å². The van der Waals surface area contributed by atoms with Crippen LogP contribution in [-0.2, 0) is 20.7 Å². The van der Waals surface area contributed by atoms with Crippen LogP contribution in [0.1, 0.15) is 143 Å². The monoisotopic (exact) mass is 780 g/mol. The van der Waals surface area contributed by atoms with Gasteiger partial charge < -0.3 is 14.0 Å². The predicted molar refractivity (Wildman–Crippen MR) is 233 cm³/mol. The molecule has 0 spiro atoms. The van der Waals surface area contributed by atoms with Gasteiger partial charge in [-0.05, 0) is 135 Å². The Morgan fingerprint density at radius 3 is 2.28 bits per heavy atom. The van der Waals surface area contributed by atoms with Gasteiger partial charge in [-0.15, -0.1) is 11.3 Å². The maximum Gasteiger partial charge on any atom is 0.192 e. The average molecular weight is 780 g/mol. The highest BCUT2D eigenvalue weighted by molar-refractivity contribution is 7.11. The second-order valence-corrected chi connectivity index (χ2v) is 31.6. The molecular weight excluding hydrogens is 703 g/mol. The van der Waals surface area contributed by atoms with E-state index in [1.165, 1.54) is 61.0 Å². The van der Waals surface area contributed by atoms with E-state index in [-0.39, 0.29) is 33.1 Å². The van der Waals surface area contributed by atoms with Gasteiger partial charge in [0.1, 0.15) is 5.01 Å². The van der Waals surface area contributed by atoms with Gasteiger partial charge in [0.25, 0.3) is 0 Å². The van der Waals surface area contributed by atoms with Gasteiger partial charge in [0.15, 0.2) is 16.6 Å². The van der Waals surface area contributed by atoms with Crippen molar-refractivity contribution in [3.63, 3.8) is 0 Å². The first-order valence-electron chi connectivity index (χ1n) is 21.3. The third-order valence-corrected chi connectivity index (χ3v) is 25.4. The molecule has 0 unspecified atom stereocenters. The molecule has 7 heteroatoms. The number of aliphatic hydroxyl groups excluding tert-OH is 1. The Morgan fingerprint density at radius 2 is 1.66 bits per heavy atom. The SMILES string of the molecule is C=C1C(=CC=C2CCC[C@]3(C)[C@@H]([C@H](C)C=C[C@@H](O)C4(c5ncc(CCCC)s5)CC4)CC[C@@H]23)C[C@@H](O[Si](C)(C)C(C)(C)C)C[C@@H]1O[Si](C)(C)C(C)(C)C. The van der Waals surface area contributed by atoms with Gasteiger partial charge in [-0.3, -0.25) is 0 Å². The molecule has 0 saturated heterocycles. The maximum atomic E-state index is 11.5. The normalized spacial score (nSPS) is 31.0. The summed E-state index contributed by atoms with van der Waals surface area (Å²) in [5.74, 6) is 1.67. The zero-order valence-corrected chi connectivity index (χ0v) is 39.0. The van der Waals surface area contributed by atoms with E-state index < -0.39 is 22.7 Å². The lowest BCUT2D eigenvalue weighted by atomic mass is 9.61. The lowest BCUT2D eigenvalue weighted by Gasteiger charge is -2.45. The van der Waals surface area contributed by atoms with Crippen LogP contribution in [0.5, 0.6) is 0 Å². The van der Waals surface area contributed by atoms with E-state index in [9.17, 15) is 5.11 Å². The van der Waals surface area contributed by atoms with Gasteiger partial charge in [0, 0.05) is 17.5 Å². The fraction of sp³-hybridized carbons (Fsp3) is 0.761.